The molecule has 164 valence electrons. The summed E-state index contributed by atoms with van der Waals surface area (Å²) in [4.78, 5) is 27.7. The molecule has 0 unspecified atom stereocenters. The van der Waals surface area contributed by atoms with Crippen molar-refractivity contribution in [1.82, 2.24) is 5.32 Å². The summed E-state index contributed by atoms with van der Waals surface area (Å²) >= 11 is 3.14. The van der Waals surface area contributed by atoms with Gasteiger partial charge in [0.2, 0.25) is 0 Å². The van der Waals surface area contributed by atoms with Gasteiger partial charge in [-0.05, 0) is 63.6 Å². The number of carbonyl (C=O) groups is 2. The molecule has 2 N–H and O–H groups in total. The largest absolute Gasteiger partial charge is 0.465 e. The van der Waals surface area contributed by atoms with E-state index >= 15 is 0 Å². The van der Waals surface area contributed by atoms with Gasteiger partial charge in [0.25, 0.3) is 5.91 Å². The standard InChI is InChI=1S/C22H28N2O3S2.ClH/c1-7-28-14-10-8-9-13(11-14)18(25)23-19-16(20(26)27-6)15-12-21(2,3)24-22(4,5)17(15)29-19;/h8-11,24H,7,12H2,1-6H3,(H,23,25);1H. The van der Waals surface area contributed by atoms with Crippen LogP contribution >= 0.6 is 35.5 Å². The molecule has 1 aromatic carbocycles. The molecule has 1 aliphatic heterocycles. The van der Waals surface area contributed by atoms with Gasteiger partial charge >= 0.3 is 5.97 Å². The Morgan fingerprint density at radius 2 is 1.97 bits per heavy atom. The van der Waals surface area contributed by atoms with E-state index in [0.717, 1.165) is 21.1 Å². The second kappa shape index (κ2) is 9.30. The fourth-order valence-electron chi connectivity index (χ4n) is 4.00. The number of halogens is 1. The van der Waals surface area contributed by atoms with Crippen molar-refractivity contribution in [2.45, 2.75) is 57.0 Å². The highest BCUT2D eigenvalue weighted by atomic mass is 35.5. The number of benzene rings is 1. The summed E-state index contributed by atoms with van der Waals surface area (Å²) in [7, 11) is 1.38. The normalized spacial score (nSPS) is 16.2. The SMILES string of the molecule is CCSc1cccc(C(=O)Nc2sc3c(c2C(=O)OC)CC(C)(C)NC3(C)C)c1.Cl. The number of hydrogen-bond acceptors (Lipinski definition) is 6. The average molecular weight is 469 g/mol. The summed E-state index contributed by atoms with van der Waals surface area (Å²) in [6.45, 7) is 10.5. The van der Waals surface area contributed by atoms with E-state index in [1.54, 1.807) is 17.8 Å². The summed E-state index contributed by atoms with van der Waals surface area (Å²) in [5.74, 6) is 0.298. The summed E-state index contributed by atoms with van der Waals surface area (Å²) < 4.78 is 5.07. The minimum atomic E-state index is -0.415. The Morgan fingerprint density at radius 1 is 1.27 bits per heavy atom. The van der Waals surface area contributed by atoms with Crippen molar-refractivity contribution in [1.29, 1.82) is 0 Å². The number of thiophene rings is 1. The van der Waals surface area contributed by atoms with E-state index in [2.05, 4.69) is 45.3 Å². The van der Waals surface area contributed by atoms with E-state index in [1.165, 1.54) is 18.4 Å². The van der Waals surface area contributed by atoms with E-state index < -0.39 is 5.97 Å². The molecular formula is C22H29ClN2O3S2. The van der Waals surface area contributed by atoms with Crippen LogP contribution in [0.5, 0.6) is 0 Å². The first-order valence-corrected chi connectivity index (χ1v) is 11.5. The second-order valence-electron chi connectivity index (χ2n) is 8.33. The molecule has 0 radical (unpaired) electrons. The lowest BCUT2D eigenvalue weighted by Crippen LogP contribution is -2.55. The smallest absolute Gasteiger partial charge is 0.341 e. The molecule has 1 aliphatic rings. The van der Waals surface area contributed by atoms with Gasteiger partial charge in [-0.3, -0.25) is 4.79 Å². The van der Waals surface area contributed by atoms with Gasteiger partial charge in [-0.2, -0.15) is 0 Å². The Labute approximate surface area is 192 Å². The second-order valence-corrected chi connectivity index (χ2v) is 10.7. The highest BCUT2D eigenvalue weighted by Crippen LogP contribution is 2.45. The highest BCUT2D eigenvalue weighted by Gasteiger charge is 2.42. The lowest BCUT2D eigenvalue weighted by molar-refractivity contribution is 0.0600. The third kappa shape index (κ3) is 5.02. The molecule has 8 heteroatoms. The summed E-state index contributed by atoms with van der Waals surface area (Å²) in [6, 6.07) is 7.53. The number of ether oxygens (including phenoxy) is 1. The number of hydrogen-bond donors (Lipinski definition) is 2. The molecule has 2 heterocycles. The fourth-order valence-corrected chi connectivity index (χ4v) is 5.98. The van der Waals surface area contributed by atoms with Crippen LogP contribution in [0.1, 0.15) is 65.8 Å². The van der Waals surface area contributed by atoms with Crippen LogP contribution in [-0.2, 0) is 16.7 Å². The number of rotatable bonds is 5. The molecule has 3 rings (SSSR count). The van der Waals surface area contributed by atoms with Crippen LogP contribution in [0.15, 0.2) is 29.2 Å². The zero-order chi connectivity index (χ0) is 21.4. The topological polar surface area (TPSA) is 67.4 Å². The Kier molecular flexibility index (Phi) is 7.67. The van der Waals surface area contributed by atoms with Crippen molar-refractivity contribution in [2.75, 3.05) is 18.2 Å². The molecule has 1 amide bonds. The molecular weight excluding hydrogens is 440 g/mol. The predicted octanol–water partition coefficient (Wildman–Crippen LogP) is 5.48. The van der Waals surface area contributed by atoms with E-state index in [-0.39, 0.29) is 29.4 Å². The number of carbonyl (C=O) groups excluding carboxylic acids is 2. The number of nitrogens with one attached hydrogen (secondary N) is 2. The zero-order valence-corrected chi connectivity index (χ0v) is 20.6. The number of anilines is 1. The lowest BCUT2D eigenvalue weighted by Gasteiger charge is -2.42. The quantitative estimate of drug-likeness (QED) is 0.449. The maximum Gasteiger partial charge on any atom is 0.341 e. The van der Waals surface area contributed by atoms with E-state index in [9.17, 15) is 9.59 Å². The van der Waals surface area contributed by atoms with Crippen molar-refractivity contribution in [3.05, 3.63) is 45.8 Å². The van der Waals surface area contributed by atoms with Gasteiger partial charge in [-0.25, -0.2) is 4.79 Å². The molecule has 5 nitrogen and oxygen atoms in total. The fraction of sp³-hybridized carbons (Fsp3) is 0.455. The van der Waals surface area contributed by atoms with Crippen molar-refractivity contribution in [3.8, 4) is 0 Å². The van der Waals surface area contributed by atoms with Crippen LogP contribution in [0.25, 0.3) is 0 Å². The minimum Gasteiger partial charge on any atom is -0.465 e. The van der Waals surface area contributed by atoms with Gasteiger partial charge in [-0.15, -0.1) is 35.5 Å². The highest BCUT2D eigenvalue weighted by molar-refractivity contribution is 7.99. The van der Waals surface area contributed by atoms with Crippen LogP contribution in [-0.4, -0.2) is 30.3 Å². The van der Waals surface area contributed by atoms with Gasteiger partial charge < -0.3 is 15.4 Å². The monoisotopic (exact) mass is 468 g/mol. The number of methoxy groups -OCH3 is 1. The molecule has 0 spiro atoms. The Balaban J connectivity index is 0.00000320. The van der Waals surface area contributed by atoms with E-state index in [4.69, 9.17) is 4.74 Å². The maximum atomic E-state index is 13.0. The molecule has 30 heavy (non-hydrogen) atoms. The van der Waals surface area contributed by atoms with Crippen LogP contribution in [0.3, 0.4) is 0 Å². The summed E-state index contributed by atoms with van der Waals surface area (Å²) in [5, 5.41) is 7.16. The number of thioether (sulfide) groups is 1. The first-order valence-electron chi connectivity index (χ1n) is 9.66. The third-order valence-corrected chi connectivity index (χ3v) is 7.22. The molecule has 0 bridgehead atoms. The van der Waals surface area contributed by atoms with Gasteiger partial charge in [0, 0.05) is 26.4 Å². The number of amides is 1. The van der Waals surface area contributed by atoms with Crippen LogP contribution in [0.4, 0.5) is 5.00 Å². The van der Waals surface area contributed by atoms with Crippen LogP contribution in [0.2, 0.25) is 0 Å². The zero-order valence-electron chi connectivity index (χ0n) is 18.2. The molecule has 0 fully saturated rings. The number of fused-ring (bicyclic) bond motifs is 1. The molecule has 0 saturated carbocycles. The van der Waals surface area contributed by atoms with Gasteiger partial charge in [0.15, 0.2) is 0 Å². The first kappa shape index (κ1) is 24.7. The average Bonchev–Trinajstić information content (AvgIpc) is 2.98. The van der Waals surface area contributed by atoms with E-state index in [0.29, 0.717) is 22.5 Å². The van der Waals surface area contributed by atoms with E-state index in [1.807, 2.05) is 18.2 Å². The summed E-state index contributed by atoms with van der Waals surface area (Å²) in [6.07, 6.45) is 0.686. The summed E-state index contributed by atoms with van der Waals surface area (Å²) in [5.41, 5.74) is 1.52. The van der Waals surface area contributed by atoms with Gasteiger partial charge in [0.05, 0.1) is 12.7 Å². The Morgan fingerprint density at radius 3 is 2.60 bits per heavy atom. The molecule has 2 aromatic rings. The Hall–Kier alpha value is -1.54. The lowest BCUT2D eigenvalue weighted by atomic mass is 9.81. The maximum absolute atomic E-state index is 13.0. The van der Waals surface area contributed by atoms with Crippen molar-refractivity contribution in [3.63, 3.8) is 0 Å². The van der Waals surface area contributed by atoms with Gasteiger partial charge in [-0.1, -0.05) is 13.0 Å². The minimum absolute atomic E-state index is 0. The number of esters is 1. The van der Waals surface area contributed by atoms with Crippen LogP contribution in [0, 0.1) is 0 Å². The molecule has 0 atom stereocenters. The molecule has 0 aliphatic carbocycles. The van der Waals surface area contributed by atoms with Crippen molar-refractivity contribution >= 4 is 52.4 Å². The third-order valence-electron chi connectivity index (χ3n) is 4.87. The van der Waals surface area contributed by atoms with Crippen molar-refractivity contribution in [2.24, 2.45) is 0 Å². The molecule has 0 saturated heterocycles. The van der Waals surface area contributed by atoms with Crippen LogP contribution < -0.4 is 10.6 Å². The van der Waals surface area contributed by atoms with Crippen molar-refractivity contribution < 1.29 is 14.3 Å². The molecule has 1 aromatic heterocycles. The Bertz CT molecular complexity index is 954. The van der Waals surface area contributed by atoms with Gasteiger partial charge in [0.1, 0.15) is 5.00 Å². The first-order chi connectivity index (χ1) is 13.6. The predicted molar refractivity (Wildman–Crippen MR) is 128 cm³/mol.